The highest BCUT2D eigenvalue weighted by atomic mass is 79.9. The van der Waals surface area contributed by atoms with Crippen LogP contribution in [0.15, 0.2) is 23.7 Å². The van der Waals surface area contributed by atoms with E-state index in [1.165, 1.54) is 0 Å². The molecule has 8 heavy (non-hydrogen) atoms. The number of hydrogen-bond donors (Lipinski definition) is 1. The van der Waals surface area contributed by atoms with Crippen molar-refractivity contribution in [2.45, 2.75) is 0 Å². The number of rotatable bonds is 4. The lowest BCUT2D eigenvalue weighted by Crippen LogP contribution is -2.14. The van der Waals surface area contributed by atoms with E-state index in [0.29, 0.717) is 0 Å². The molecule has 0 aliphatic carbocycles. The molecule has 0 fully saturated rings. The van der Waals surface area contributed by atoms with E-state index in [1.807, 2.05) is 6.08 Å². The molecule has 46 valence electrons. The lowest BCUT2D eigenvalue weighted by molar-refractivity contribution is 0.841. The van der Waals surface area contributed by atoms with Gasteiger partial charge in [0, 0.05) is 17.6 Å². The van der Waals surface area contributed by atoms with Crippen LogP contribution in [0.25, 0.3) is 0 Å². The van der Waals surface area contributed by atoms with Gasteiger partial charge in [0.1, 0.15) is 0 Å². The Morgan fingerprint density at radius 2 is 2.38 bits per heavy atom. The summed E-state index contributed by atoms with van der Waals surface area (Å²) in [5, 5.41) is 3.07. The SMILES string of the molecule is C=CCNCC(=C)Br. The van der Waals surface area contributed by atoms with Crippen molar-refractivity contribution in [2.75, 3.05) is 13.1 Å². The summed E-state index contributed by atoms with van der Waals surface area (Å²) >= 11 is 3.21. The fourth-order valence-corrected chi connectivity index (χ4v) is 0.508. The van der Waals surface area contributed by atoms with Crippen LogP contribution >= 0.6 is 15.9 Å². The molecule has 0 unspecified atom stereocenters. The molecule has 2 heteroatoms. The molecule has 1 N–H and O–H groups in total. The molecule has 0 heterocycles. The van der Waals surface area contributed by atoms with Crippen molar-refractivity contribution in [3.63, 3.8) is 0 Å². The number of hydrogen-bond acceptors (Lipinski definition) is 1. The molecule has 0 bridgehead atoms. The van der Waals surface area contributed by atoms with Crippen LogP contribution in [0.3, 0.4) is 0 Å². The third-order valence-corrected chi connectivity index (χ3v) is 0.886. The minimum Gasteiger partial charge on any atom is -0.309 e. The predicted molar refractivity (Wildman–Crippen MR) is 41.1 cm³/mol. The first kappa shape index (κ1) is 7.92. The standard InChI is InChI=1S/C6H10BrN/c1-3-4-8-5-6(2)7/h3,8H,1-2,4-5H2. The van der Waals surface area contributed by atoms with Gasteiger partial charge in [-0.25, -0.2) is 0 Å². The topological polar surface area (TPSA) is 12.0 Å². The van der Waals surface area contributed by atoms with Crippen molar-refractivity contribution < 1.29 is 0 Å². The van der Waals surface area contributed by atoms with E-state index in [1.54, 1.807) is 0 Å². The fraction of sp³-hybridized carbons (Fsp3) is 0.333. The van der Waals surface area contributed by atoms with Gasteiger partial charge in [-0.05, 0) is 0 Å². The highest BCUT2D eigenvalue weighted by Gasteiger charge is 1.81. The smallest absolute Gasteiger partial charge is 0.0268 e. The van der Waals surface area contributed by atoms with Crippen molar-refractivity contribution in [2.24, 2.45) is 0 Å². The van der Waals surface area contributed by atoms with E-state index in [2.05, 4.69) is 34.4 Å². The largest absolute Gasteiger partial charge is 0.309 e. The van der Waals surface area contributed by atoms with Crippen LogP contribution in [0.4, 0.5) is 0 Å². The summed E-state index contributed by atoms with van der Waals surface area (Å²) in [5.41, 5.74) is 0. The first-order valence-electron chi connectivity index (χ1n) is 2.42. The van der Waals surface area contributed by atoms with E-state index in [0.717, 1.165) is 17.6 Å². The molecule has 0 atom stereocenters. The molecule has 0 rings (SSSR count). The Hall–Kier alpha value is -0.0800. The highest BCUT2D eigenvalue weighted by Crippen LogP contribution is 1.95. The van der Waals surface area contributed by atoms with Gasteiger partial charge in [0.2, 0.25) is 0 Å². The monoisotopic (exact) mass is 175 g/mol. The summed E-state index contributed by atoms with van der Waals surface area (Å²) in [6.45, 7) is 8.85. The molecule has 0 aliphatic heterocycles. The maximum Gasteiger partial charge on any atom is 0.0268 e. The molecule has 0 saturated carbocycles. The second kappa shape index (κ2) is 5.06. The molecule has 0 spiro atoms. The van der Waals surface area contributed by atoms with Crippen molar-refractivity contribution in [3.8, 4) is 0 Å². The molecule has 0 aromatic carbocycles. The molecule has 0 saturated heterocycles. The maximum atomic E-state index is 3.65. The van der Waals surface area contributed by atoms with E-state index in [9.17, 15) is 0 Å². The summed E-state index contributed by atoms with van der Waals surface area (Å²) < 4.78 is 0.972. The van der Waals surface area contributed by atoms with E-state index in [-0.39, 0.29) is 0 Å². The van der Waals surface area contributed by atoms with Crippen LogP contribution < -0.4 is 5.32 Å². The Kier molecular flexibility index (Phi) is 5.01. The first-order chi connectivity index (χ1) is 3.77. The van der Waals surface area contributed by atoms with Crippen LogP contribution in [-0.2, 0) is 0 Å². The van der Waals surface area contributed by atoms with Crippen LogP contribution in [-0.4, -0.2) is 13.1 Å². The molecule has 0 aromatic heterocycles. The minimum absolute atomic E-state index is 0.812. The van der Waals surface area contributed by atoms with Gasteiger partial charge in [-0.1, -0.05) is 28.6 Å². The lowest BCUT2D eigenvalue weighted by atomic mass is 10.5. The summed E-state index contributed by atoms with van der Waals surface area (Å²) in [6, 6.07) is 0. The second-order valence-corrected chi connectivity index (χ2v) is 2.56. The average molecular weight is 176 g/mol. The van der Waals surface area contributed by atoms with Gasteiger partial charge in [0.25, 0.3) is 0 Å². The third-order valence-electron chi connectivity index (χ3n) is 0.605. The zero-order chi connectivity index (χ0) is 6.41. The van der Waals surface area contributed by atoms with Crippen molar-refractivity contribution >= 4 is 15.9 Å². The second-order valence-electron chi connectivity index (χ2n) is 1.44. The lowest BCUT2D eigenvalue weighted by Gasteiger charge is -1.95. The van der Waals surface area contributed by atoms with Gasteiger partial charge in [-0.15, -0.1) is 6.58 Å². The molecular formula is C6H10BrN. The molecule has 0 aliphatic rings. The molecular weight excluding hydrogens is 166 g/mol. The normalized spacial score (nSPS) is 8.62. The van der Waals surface area contributed by atoms with Crippen LogP contribution in [0.5, 0.6) is 0 Å². The Morgan fingerprint density at radius 3 is 2.75 bits per heavy atom. The quantitative estimate of drug-likeness (QED) is 0.507. The summed E-state index contributed by atoms with van der Waals surface area (Å²) in [4.78, 5) is 0. The van der Waals surface area contributed by atoms with Gasteiger partial charge in [-0.2, -0.15) is 0 Å². The third kappa shape index (κ3) is 5.92. The zero-order valence-corrected chi connectivity index (χ0v) is 6.37. The van der Waals surface area contributed by atoms with Gasteiger partial charge in [0.05, 0.1) is 0 Å². The van der Waals surface area contributed by atoms with Gasteiger partial charge >= 0.3 is 0 Å². The molecule has 0 amide bonds. The molecule has 0 aromatic rings. The summed E-state index contributed by atoms with van der Waals surface area (Å²) in [7, 11) is 0. The summed E-state index contributed by atoms with van der Waals surface area (Å²) in [5.74, 6) is 0. The predicted octanol–water partition coefficient (Wildman–Crippen LogP) is 1.67. The number of halogens is 1. The molecule has 0 radical (unpaired) electrons. The van der Waals surface area contributed by atoms with Crippen LogP contribution in [0.1, 0.15) is 0 Å². The Balaban J connectivity index is 2.93. The van der Waals surface area contributed by atoms with Crippen molar-refractivity contribution in [1.82, 2.24) is 5.32 Å². The van der Waals surface area contributed by atoms with E-state index >= 15 is 0 Å². The minimum atomic E-state index is 0.812. The highest BCUT2D eigenvalue weighted by molar-refractivity contribution is 9.11. The maximum absolute atomic E-state index is 3.65. The van der Waals surface area contributed by atoms with Crippen molar-refractivity contribution in [3.05, 3.63) is 23.7 Å². The first-order valence-corrected chi connectivity index (χ1v) is 3.21. The van der Waals surface area contributed by atoms with Gasteiger partial charge < -0.3 is 5.32 Å². The van der Waals surface area contributed by atoms with Gasteiger partial charge in [0.15, 0.2) is 0 Å². The summed E-state index contributed by atoms with van der Waals surface area (Å²) in [6.07, 6.45) is 1.82. The Labute approximate surface area is 58.6 Å². The average Bonchev–Trinajstić information content (AvgIpc) is 1.66. The zero-order valence-electron chi connectivity index (χ0n) is 4.78. The van der Waals surface area contributed by atoms with Crippen LogP contribution in [0.2, 0.25) is 0 Å². The van der Waals surface area contributed by atoms with E-state index < -0.39 is 0 Å². The van der Waals surface area contributed by atoms with Gasteiger partial charge in [-0.3, -0.25) is 0 Å². The van der Waals surface area contributed by atoms with E-state index in [4.69, 9.17) is 0 Å². The Morgan fingerprint density at radius 1 is 1.75 bits per heavy atom. The Bertz CT molecular complexity index is 88.5. The fourth-order valence-electron chi connectivity index (χ4n) is 0.310. The van der Waals surface area contributed by atoms with Crippen molar-refractivity contribution in [1.29, 1.82) is 0 Å². The van der Waals surface area contributed by atoms with Crippen LogP contribution in [0, 0.1) is 0 Å². The number of nitrogens with one attached hydrogen (secondary N) is 1. The molecule has 1 nitrogen and oxygen atoms in total.